The molecular weight excluding hydrogens is 204 g/mol. The maximum absolute atomic E-state index is 2.40. The Kier molecular flexibility index (Phi) is 24.0. The minimum Gasteiger partial charge on any atom is -0.0776 e. The molecule has 1 aliphatic carbocycles. The van der Waals surface area contributed by atoms with Crippen molar-refractivity contribution >= 4 is 0 Å². The van der Waals surface area contributed by atoms with Crippen LogP contribution in [-0.4, -0.2) is 0 Å². The summed E-state index contributed by atoms with van der Waals surface area (Å²) in [4.78, 5) is 0. The first-order valence-electron chi connectivity index (χ1n) is 7.74. The van der Waals surface area contributed by atoms with Gasteiger partial charge in [0.1, 0.15) is 0 Å². The molecule has 0 nitrogen and oxygen atoms in total. The maximum Gasteiger partial charge on any atom is -0.0414 e. The molecule has 1 fully saturated rings. The molecule has 0 bridgehead atoms. The Labute approximate surface area is 113 Å². The van der Waals surface area contributed by atoms with Crippen LogP contribution in [0.25, 0.3) is 0 Å². The van der Waals surface area contributed by atoms with E-state index in [1.54, 1.807) is 0 Å². The van der Waals surface area contributed by atoms with Crippen molar-refractivity contribution in [3.8, 4) is 0 Å². The zero-order valence-electron chi connectivity index (χ0n) is 12.8. The summed E-state index contributed by atoms with van der Waals surface area (Å²) in [5, 5.41) is 0. The third-order valence-corrected chi connectivity index (χ3v) is 3.10. The van der Waals surface area contributed by atoms with Crippen LogP contribution in [0.4, 0.5) is 0 Å². The second-order valence-corrected chi connectivity index (χ2v) is 4.98. The van der Waals surface area contributed by atoms with Gasteiger partial charge in [-0.3, -0.25) is 0 Å². The largest absolute Gasteiger partial charge is 0.0776 e. The van der Waals surface area contributed by atoms with Crippen LogP contribution in [0.3, 0.4) is 0 Å². The molecule has 0 aromatic carbocycles. The Morgan fingerprint density at radius 1 is 0.882 bits per heavy atom. The predicted octanol–water partition coefficient (Wildman–Crippen LogP) is 7.08. The van der Waals surface area contributed by atoms with Crippen molar-refractivity contribution in [2.24, 2.45) is 11.8 Å². The van der Waals surface area contributed by atoms with Gasteiger partial charge in [-0.1, -0.05) is 100 Å². The van der Waals surface area contributed by atoms with Crippen molar-refractivity contribution in [3.63, 3.8) is 0 Å². The van der Waals surface area contributed by atoms with Crippen LogP contribution in [-0.2, 0) is 0 Å². The number of hydrogen-bond acceptors (Lipinski definition) is 0. The Morgan fingerprint density at radius 2 is 1.29 bits per heavy atom. The summed E-state index contributed by atoms with van der Waals surface area (Å²) >= 11 is 0. The molecule has 1 rings (SSSR count). The molecule has 0 atom stereocenters. The summed E-state index contributed by atoms with van der Waals surface area (Å²) in [5.74, 6) is 2.11. The average Bonchev–Trinajstić information content (AvgIpc) is 2.32. The molecule has 0 amide bonds. The molecule has 0 saturated heterocycles. The predicted molar refractivity (Wildman–Crippen MR) is 84.7 cm³/mol. The van der Waals surface area contributed by atoms with Gasteiger partial charge in [-0.2, -0.15) is 0 Å². The molecule has 0 aromatic rings. The van der Waals surface area contributed by atoms with Gasteiger partial charge in [0.15, 0.2) is 0 Å². The Hall–Kier alpha value is 0. The van der Waals surface area contributed by atoms with E-state index in [9.17, 15) is 0 Å². The molecule has 0 N–H and O–H groups in total. The second kappa shape index (κ2) is 18.4. The van der Waals surface area contributed by atoms with Crippen LogP contribution >= 0.6 is 0 Å². The van der Waals surface area contributed by atoms with Crippen molar-refractivity contribution in [1.82, 2.24) is 0 Å². The highest BCUT2D eigenvalue weighted by atomic mass is 14.2. The topological polar surface area (TPSA) is 0 Å². The van der Waals surface area contributed by atoms with Gasteiger partial charge in [0.05, 0.1) is 0 Å². The van der Waals surface area contributed by atoms with E-state index in [2.05, 4.69) is 27.7 Å². The smallest absolute Gasteiger partial charge is 0.0414 e. The fourth-order valence-corrected chi connectivity index (χ4v) is 2.11. The molecule has 0 aromatic heterocycles. The van der Waals surface area contributed by atoms with Gasteiger partial charge < -0.3 is 0 Å². The first-order chi connectivity index (χ1) is 7.74. The standard InChI is InChI=1S/C11H22.C3H8.C2H6.CH4/c1-3-4-5-11-8-6-10(2)7-9-11;1-3-2;1-2;/h10-11H,3-9H2,1-2H3;3H2,1-2H3;1-2H3;1H4. The van der Waals surface area contributed by atoms with E-state index in [4.69, 9.17) is 0 Å². The molecule has 17 heavy (non-hydrogen) atoms. The van der Waals surface area contributed by atoms with E-state index in [0.717, 1.165) is 11.8 Å². The van der Waals surface area contributed by atoms with Crippen molar-refractivity contribution < 1.29 is 0 Å². The molecule has 0 heterocycles. The third kappa shape index (κ3) is 16.0. The molecule has 0 heteroatoms. The molecule has 0 radical (unpaired) electrons. The third-order valence-electron chi connectivity index (χ3n) is 3.10. The molecule has 0 spiro atoms. The van der Waals surface area contributed by atoms with Gasteiger partial charge in [-0.25, -0.2) is 0 Å². The summed E-state index contributed by atoms with van der Waals surface area (Å²) in [6.07, 6.45) is 11.6. The summed E-state index contributed by atoms with van der Waals surface area (Å²) in [6.45, 7) is 12.9. The molecule has 0 aliphatic heterocycles. The Balaban J connectivity index is -0.000000286. The lowest BCUT2D eigenvalue weighted by atomic mass is 9.81. The van der Waals surface area contributed by atoms with E-state index in [-0.39, 0.29) is 7.43 Å². The zero-order chi connectivity index (χ0) is 12.8. The van der Waals surface area contributed by atoms with E-state index >= 15 is 0 Å². The van der Waals surface area contributed by atoms with E-state index in [1.807, 2.05) is 13.8 Å². The van der Waals surface area contributed by atoms with E-state index in [1.165, 1.54) is 51.4 Å². The van der Waals surface area contributed by atoms with Gasteiger partial charge in [0.2, 0.25) is 0 Å². The first-order valence-corrected chi connectivity index (χ1v) is 7.74. The number of rotatable bonds is 3. The van der Waals surface area contributed by atoms with Gasteiger partial charge in [-0.15, -0.1) is 0 Å². The SMILES string of the molecule is C.CC.CCC.CCCCC1CCC(C)CC1. The molecule has 0 unspecified atom stereocenters. The summed E-state index contributed by atoms with van der Waals surface area (Å²) in [6, 6.07) is 0. The van der Waals surface area contributed by atoms with Crippen LogP contribution in [0, 0.1) is 11.8 Å². The van der Waals surface area contributed by atoms with E-state index < -0.39 is 0 Å². The van der Waals surface area contributed by atoms with Crippen molar-refractivity contribution in [2.45, 2.75) is 100 Å². The fourth-order valence-electron chi connectivity index (χ4n) is 2.11. The quantitative estimate of drug-likeness (QED) is 0.497. The van der Waals surface area contributed by atoms with E-state index in [0.29, 0.717) is 0 Å². The summed E-state index contributed by atoms with van der Waals surface area (Å²) < 4.78 is 0. The first kappa shape index (κ1) is 22.2. The second-order valence-electron chi connectivity index (χ2n) is 4.98. The molecule has 1 aliphatic rings. The normalized spacial score (nSPS) is 22.2. The van der Waals surface area contributed by atoms with Gasteiger partial charge >= 0.3 is 0 Å². The molecule has 108 valence electrons. The minimum atomic E-state index is 0. The van der Waals surface area contributed by atoms with Crippen LogP contribution in [0.2, 0.25) is 0 Å². The maximum atomic E-state index is 2.40. The lowest BCUT2D eigenvalue weighted by molar-refractivity contribution is 0.273. The lowest BCUT2D eigenvalue weighted by Gasteiger charge is -2.25. The summed E-state index contributed by atoms with van der Waals surface area (Å²) in [5.41, 5.74) is 0. The summed E-state index contributed by atoms with van der Waals surface area (Å²) in [7, 11) is 0. The molecular formula is C17H40. The minimum absolute atomic E-state index is 0. The zero-order valence-corrected chi connectivity index (χ0v) is 12.8. The van der Waals surface area contributed by atoms with Crippen molar-refractivity contribution in [1.29, 1.82) is 0 Å². The van der Waals surface area contributed by atoms with Crippen LogP contribution in [0.5, 0.6) is 0 Å². The monoisotopic (exact) mass is 244 g/mol. The van der Waals surface area contributed by atoms with Gasteiger partial charge in [-0.05, 0) is 11.8 Å². The highest BCUT2D eigenvalue weighted by molar-refractivity contribution is 4.69. The highest BCUT2D eigenvalue weighted by Crippen LogP contribution is 2.31. The van der Waals surface area contributed by atoms with Crippen molar-refractivity contribution in [2.75, 3.05) is 0 Å². The average molecular weight is 245 g/mol. The van der Waals surface area contributed by atoms with Crippen LogP contribution in [0.15, 0.2) is 0 Å². The van der Waals surface area contributed by atoms with Crippen LogP contribution in [0.1, 0.15) is 100 Å². The van der Waals surface area contributed by atoms with Crippen LogP contribution < -0.4 is 0 Å². The fraction of sp³-hybridized carbons (Fsp3) is 1.00. The number of hydrogen-bond donors (Lipinski definition) is 0. The highest BCUT2D eigenvalue weighted by Gasteiger charge is 2.16. The lowest BCUT2D eigenvalue weighted by Crippen LogP contribution is -2.11. The van der Waals surface area contributed by atoms with Gasteiger partial charge in [0, 0.05) is 0 Å². The Bertz CT molecular complexity index is 95.9. The molecule has 1 saturated carbocycles. The Morgan fingerprint density at radius 3 is 1.65 bits per heavy atom. The van der Waals surface area contributed by atoms with Crippen molar-refractivity contribution in [3.05, 3.63) is 0 Å². The van der Waals surface area contributed by atoms with Gasteiger partial charge in [0.25, 0.3) is 0 Å². The number of unbranched alkanes of at least 4 members (excludes halogenated alkanes) is 1.